The van der Waals surface area contributed by atoms with Crippen LogP contribution >= 0.6 is 95.6 Å². The standard InChI is InChI=1S/C78H48.C18H6Br6.C10H9BO2/c1-7-31-55-49(19-1)25-13-37-61(55)67-43-73-74(44-68(67)62-38-14-26-50-20-2-8-32-56(50)62)76-46-70(64-40-16-28-52-22-4-10-34-58(52)64)72(66-42-18-30-54-24-6-12-36-60(54)66)48-78(76)77-47-71(65-41-17-29-53-23-5-11-35-59(53)65)69(45-75(73)77)63-39-15-27-51-21-3-9-33-57(51)63;19-13-1-7-8(2-14(13)20)10-4-17(23)18(24)6-12(10)11-5-16(22)15(21)3-9(7)11;12-11(13)10-7-3-5-8-4-1-2-6-9(8)10/h1-48H;1-6H;1-7,12-13H. The van der Waals surface area contributed by atoms with E-state index in [0.29, 0.717) is 5.46 Å². The van der Waals surface area contributed by atoms with Gasteiger partial charge < -0.3 is 10.0 Å². The zero-order valence-electron chi connectivity index (χ0n) is 61.5. The Kier molecular flexibility index (Phi) is 19.3. The third-order valence-corrected chi connectivity index (χ3v) is 28.5. The number of fused-ring (bicyclic) bond motifs is 19. The van der Waals surface area contributed by atoms with Gasteiger partial charge >= 0.3 is 7.12 Å². The SMILES string of the molecule is Brc1cc2c3cc(Br)c(Br)cc3c3cc(Br)c(Br)cc3c2cc1Br.OB(O)c1cccc2ccccc12.c1ccc2c(-c3cc4c5cc(-c6cccc7ccccc67)c(-c6cccc7ccccc67)cc5c5cc(-c6cccc7ccccc67)c(-c6cccc7ccccc67)cc5c4cc3-c3cccc4ccccc34)cccc2c1. The summed E-state index contributed by atoms with van der Waals surface area (Å²) in [6, 6.07) is 136. The molecular weight excluding hydrogens is 1800 g/mol. The Morgan fingerprint density at radius 2 is 0.287 bits per heavy atom. The van der Waals surface area contributed by atoms with E-state index in [2.05, 4.69) is 423 Å². The van der Waals surface area contributed by atoms with E-state index < -0.39 is 7.12 Å². The molecule has 0 aliphatic heterocycles. The summed E-state index contributed by atoms with van der Waals surface area (Å²) in [6.07, 6.45) is 0. The molecular formula is C106H63BBr6O2. The fourth-order valence-electron chi connectivity index (χ4n) is 17.7. The Morgan fingerprint density at radius 3 is 0.478 bits per heavy atom. The molecule has 0 spiro atoms. The maximum atomic E-state index is 9.08. The van der Waals surface area contributed by atoms with Gasteiger partial charge in [0.2, 0.25) is 0 Å². The second kappa shape index (κ2) is 30.4. The molecule has 0 fully saturated rings. The first kappa shape index (κ1) is 73.0. The molecule has 0 aliphatic rings. The van der Waals surface area contributed by atoms with Gasteiger partial charge in [0.1, 0.15) is 0 Å². The van der Waals surface area contributed by atoms with Crippen LogP contribution in [-0.4, -0.2) is 17.2 Å². The van der Waals surface area contributed by atoms with Crippen molar-refractivity contribution in [3.63, 3.8) is 0 Å². The van der Waals surface area contributed by atoms with Gasteiger partial charge in [0.15, 0.2) is 0 Å². The normalized spacial score (nSPS) is 11.7. The van der Waals surface area contributed by atoms with Gasteiger partial charge in [-0.3, -0.25) is 0 Å². The van der Waals surface area contributed by atoms with E-state index in [9.17, 15) is 0 Å². The number of rotatable bonds is 7. The third kappa shape index (κ3) is 13.1. The van der Waals surface area contributed by atoms with Crippen molar-refractivity contribution in [1.82, 2.24) is 0 Å². The van der Waals surface area contributed by atoms with Crippen LogP contribution in [0.1, 0.15) is 0 Å². The quantitative estimate of drug-likeness (QED) is 0.123. The molecule has 0 atom stereocenters. The predicted molar refractivity (Wildman–Crippen MR) is 516 cm³/mol. The molecule has 0 heterocycles. The van der Waals surface area contributed by atoms with Gasteiger partial charge in [-0.25, -0.2) is 0 Å². The molecule has 0 radical (unpaired) electrons. The highest BCUT2D eigenvalue weighted by atomic mass is 79.9. The molecule has 0 bridgehead atoms. The van der Waals surface area contributed by atoms with Gasteiger partial charge in [0.05, 0.1) is 0 Å². The second-order valence-corrected chi connectivity index (χ2v) is 34.5. The van der Waals surface area contributed by atoms with E-state index in [1.807, 2.05) is 36.4 Å². The lowest BCUT2D eigenvalue weighted by Gasteiger charge is -2.23. The predicted octanol–water partition coefficient (Wildman–Crippen LogP) is 32.3. The molecule has 0 unspecified atom stereocenters. The van der Waals surface area contributed by atoms with E-state index in [4.69, 9.17) is 10.0 Å². The lowest BCUT2D eigenvalue weighted by molar-refractivity contribution is 0.426. The van der Waals surface area contributed by atoms with Crippen molar-refractivity contribution in [3.8, 4) is 66.8 Å². The summed E-state index contributed by atoms with van der Waals surface area (Å²) in [5, 5.41) is 49.4. The smallest absolute Gasteiger partial charge is 0.423 e. The van der Waals surface area contributed by atoms with Crippen LogP contribution in [0.5, 0.6) is 0 Å². The molecule has 544 valence electrons. The van der Waals surface area contributed by atoms with Crippen LogP contribution in [0.3, 0.4) is 0 Å². The fourth-order valence-corrected chi connectivity index (χ4v) is 19.7. The minimum Gasteiger partial charge on any atom is -0.423 e. The highest BCUT2D eigenvalue weighted by Crippen LogP contribution is 2.53. The van der Waals surface area contributed by atoms with Crippen LogP contribution in [-0.2, 0) is 0 Å². The van der Waals surface area contributed by atoms with E-state index in [1.165, 1.54) is 196 Å². The van der Waals surface area contributed by atoms with Gasteiger partial charge in [-0.1, -0.05) is 297 Å². The second-order valence-electron chi connectivity index (χ2n) is 29.4. The summed E-state index contributed by atoms with van der Waals surface area (Å²) in [7, 11) is -1.40. The van der Waals surface area contributed by atoms with E-state index >= 15 is 0 Å². The molecule has 22 aromatic rings. The number of halogens is 6. The average molecular weight is 1860 g/mol. The number of benzene rings is 22. The van der Waals surface area contributed by atoms with E-state index in [0.717, 1.165) is 37.6 Å². The average Bonchev–Trinajstić information content (AvgIpc) is 0.709. The molecule has 115 heavy (non-hydrogen) atoms. The first-order valence-electron chi connectivity index (χ1n) is 38.1. The Hall–Kier alpha value is -10.9. The Morgan fingerprint density at radius 1 is 0.139 bits per heavy atom. The third-order valence-electron chi connectivity index (χ3n) is 23.0. The molecule has 0 saturated heterocycles. The Balaban J connectivity index is 0.000000188. The summed E-state index contributed by atoms with van der Waals surface area (Å²) in [4.78, 5) is 0. The monoisotopic (exact) mass is 1850 g/mol. The van der Waals surface area contributed by atoms with Crippen molar-refractivity contribution in [2.24, 2.45) is 0 Å². The molecule has 0 aromatic heterocycles. The zero-order valence-corrected chi connectivity index (χ0v) is 71.0. The summed E-state index contributed by atoms with van der Waals surface area (Å²) < 4.78 is 6.28. The van der Waals surface area contributed by atoms with E-state index in [-0.39, 0.29) is 0 Å². The molecule has 0 aliphatic carbocycles. The minimum absolute atomic E-state index is 0.554. The van der Waals surface area contributed by atoms with Crippen LogP contribution in [0.4, 0.5) is 0 Å². The fraction of sp³-hybridized carbons (Fsp3) is 0. The van der Waals surface area contributed by atoms with Crippen LogP contribution in [0.25, 0.3) is 207 Å². The maximum Gasteiger partial charge on any atom is 0.489 e. The molecule has 22 aromatic carbocycles. The highest BCUT2D eigenvalue weighted by Gasteiger charge is 2.25. The van der Waals surface area contributed by atoms with Gasteiger partial charge in [0.25, 0.3) is 0 Å². The topological polar surface area (TPSA) is 40.5 Å². The van der Waals surface area contributed by atoms with Crippen molar-refractivity contribution < 1.29 is 10.0 Å². The summed E-state index contributed by atoms with van der Waals surface area (Å²) >= 11 is 21.8. The van der Waals surface area contributed by atoms with Gasteiger partial charge in [-0.05, 0) is 381 Å². The van der Waals surface area contributed by atoms with Gasteiger partial charge in [0, 0.05) is 26.8 Å². The molecule has 2 nitrogen and oxygen atoms in total. The van der Waals surface area contributed by atoms with Crippen molar-refractivity contribution in [2.45, 2.75) is 0 Å². The lowest BCUT2D eigenvalue weighted by atomic mass is 9.77. The first-order chi connectivity index (χ1) is 56.3. The molecule has 0 amide bonds. The zero-order chi connectivity index (χ0) is 77.7. The van der Waals surface area contributed by atoms with Crippen LogP contribution in [0.15, 0.2) is 397 Å². The number of hydrogen-bond acceptors (Lipinski definition) is 2. The highest BCUT2D eigenvalue weighted by molar-refractivity contribution is 9.13. The van der Waals surface area contributed by atoms with E-state index in [1.54, 1.807) is 6.07 Å². The van der Waals surface area contributed by atoms with Crippen LogP contribution < -0.4 is 5.46 Å². The maximum absolute atomic E-state index is 9.08. The first-order valence-corrected chi connectivity index (χ1v) is 42.9. The summed E-state index contributed by atoms with van der Waals surface area (Å²) in [6.45, 7) is 0. The van der Waals surface area contributed by atoms with Crippen molar-refractivity contribution in [3.05, 3.63) is 397 Å². The minimum atomic E-state index is -1.40. The summed E-state index contributed by atoms with van der Waals surface area (Å²) in [5.74, 6) is 0. The lowest BCUT2D eigenvalue weighted by Crippen LogP contribution is -2.30. The van der Waals surface area contributed by atoms with Crippen LogP contribution in [0, 0.1) is 0 Å². The molecule has 22 rings (SSSR count). The van der Waals surface area contributed by atoms with Crippen molar-refractivity contribution in [1.29, 1.82) is 0 Å². The molecule has 0 saturated carbocycles. The molecule has 2 N–H and O–H groups in total. The molecule has 9 heteroatoms. The van der Waals surface area contributed by atoms with Crippen molar-refractivity contribution >= 4 is 248 Å². The van der Waals surface area contributed by atoms with Crippen molar-refractivity contribution in [2.75, 3.05) is 0 Å². The Labute approximate surface area is 714 Å². The summed E-state index contributed by atoms with van der Waals surface area (Å²) in [5.41, 5.74) is 15.1. The largest absolute Gasteiger partial charge is 0.489 e. The number of hydrogen-bond donors (Lipinski definition) is 2. The van der Waals surface area contributed by atoms with Crippen LogP contribution in [0.2, 0.25) is 0 Å². The van der Waals surface area contributed by atoms with Gasteiger partial charge in [-0.2, -0.15) is 0 Å². The Bertz CT molecular complexity index is 6640. The van der Waals surface area contributed by atoms with Gasteiger partial charge in [-0.15, -0.1) is 0 Å².